The van der Waals surface area contributed by atoms with Gasteiger partial charge in [-0.2, -0.15) is 0 Å². The van der Waals surface area contributed by atoms with E-state index in [2.05, 4.69) is 19.2 Å². The van der Waals surface area contributed by atoms with Gasteiger partial charge >= 0.3 is 0 Å². The Morgan fingerprint density at radius 3 is 2.55 bits per heavy atom. The van der Waals surface area contributed by atoms with Crippen molar-refractivity contribution in [2.45, 2.75) is 39.0 Å². The van der Waals surface area contributed by atoms with Crippen molar-refractivity contribution in [3.05, 3.63) is 29.3 Å². The summed E-state index contributed by atoms with van der Waals surface area (Å²) in [5.41, 5.74) is 1.82. The lowest BCUT2D eigenvalue weighted by Crippen LogP contribution is -2.19. The van der Waals surface area contributed by atoms with Crippen LogP contribution in [0.15, 0.2) is 18.2 Å². The van der Waals surface area contributed by atoms with E-state index < -0.39 is 9.84 Å². The molecule has 0 aromatic heterocycles. The molecule has 0 aliphatic rings. The first kappa shape index (κ1) is 17.0. The number of ether oxygens (including phenoxy) is 1. The van der Waals surface area contributed by atoms with Gasteiger partial charge in [-0.15, -0.1) is 0 Å². The molecule has 1 unspecified atom stereocenters. The first-order valence-electron chi connectivity index (χ1n) is 7.04. The maximum absolute atomic E-state index is 11.5. The zero-order valence-electron chi connectivity index (χ0n) is 12.8. The van der Waals surface area contributed by atoms with E-state index in [4.69, 9.17) is 4.74 Å². The number of nitrogens with one attached hydrogen (secondary N) is 1. The lowest BCUT2D eigenvalue weighted by molar-refractivity contribution is 0.337. The molecule has 0 aliphatic heterocycles. The fraction of sp³-hybridized carbons (Fsp3) is 0.600. The Kier molecular flexibility index (Phi) is 6.49. The summed E-state index contributed by atoms with van der Waals surface area (Å²) in [6.07, 6.45) is 2.31. The average molecular weight is 299 g/mol. The van der Waals surface area contributed by atoms with Crippen LogP contribution >= 0.6 is 0 Å². The van der Waals surface area contributed by atoms with Crippen molar-refractivity contribution < 1.29 is 13.2 Å². The third kappa shape index (κ3) is 5.51. The number of hydrogen-bond acceptors (Lipinski definition) is 4. The second-order valence-electron chi connectivity index (χ2n) is 5.05. The summed E-state index contributed by atoms with van der Waals surface area (Å²) in [7, 11) is -3.08. The van der Waals surface area contributed by atoms with Gasteiger partial charge in [0.25, 0.3) is 0 Å². The Morgan fingerprint density at radius 1 is 1.30 bits per heavy atom. The van der Waals surface area contributed by atoms with Crippen molar-refractivity contribution in [1.82, 2.24) is 5.32 Å². The van der Waals surface area contributed by atoms with Gasteiger partial charge in [0, 0.05) is 17.9 Å². The topological polar surface area (TPSA) is 55.4 Å². The van der Waals surface area contributed by atoms with Crippen LogP contribution in [0.1, 0.15) is 44.4 Å². The van der Waals surface area contributed by atoms with Crippen LogP contribution in [-0.4, -0.2) is 27.8 Å². The van der Waals surface area contributed by atoms with Gasteiger partial charge in [0.05, 0.1) is 12.4 Å². The van der Waals surface area contributed by atoms with E-state index in [-0.39, 0.29) is 11.8 Å². The zero-order chi connectivity index (χ0) is 15.2. The molecule has 0 amide bonds. The zero-order valence-corrected chi connectivity index (χ0v) is 13.6. The van der Waals surface area contributed by atoms with Crippen molar-refractivity contribution >= 4 is 9.84 Å². The van der Waals surface area contributed by atoms with Gasteiger partial charge in [-0.1, -0.05) is 13.0 Å². The van der Waals surface area contributed by atoms with Crippen molar-refractivity contribution in [1.29, 1.82) is 0 Å². The number of benzene rings is 1. The van der Waals surface area contributed by atoms with Crippen LogP contribution in [0.2, 0.25) is 0 Å². The highest BCUT2D eigenvalue weighted by Gasteiger charge is 2.13. The van der Waals surface area contributed by atoms with Gasteiger partial charge in [0.15, 0.2) is 9.84 Å². The Bertz CT molecular complexity index is 526. The van der Waals surface area contributed by atoms with Crippen molar-refractivity contribution in [2.24, 2.45) is 0 Å². The van der Waals surface area contributed by atoms with Crippen LogP contribution in [0.3, 0.4) is 0 Å². The van der Waals surface area contributed by atoms with Gasteiger partial charge < -0.3 is 10.1 Å². The molecule has 114 valence electrons. The van der Waals surface area contributed by atoms with Gasteiger partial charge in [0.1, 0.15) is 5.75 Å². The molecule has 1 rings (SSSR count). The maximum atomic E-state index is 11.5. The van der Waals surface area contributed by atoms with E-state index >= 15 is 0 Å². The van der Waals surface area contributed by atoms with Gasteiger partial charge in [-0.05, 0) is 44.5 Å². The Hall–Kier alpha value is -1.07. The largest absolute Gasteiger partial charge is 0.494 e. The lowest BCUT2D eigenvalue weighted by Gasteiger charge is -2.17. The standard InChI is InChI=1S/C15H25NO3S/c1-5-9-16-12(3)13-7-8-15(19-6-2)14(10-13)11-20(4,17)18/h7-8,10,12,16H,5-6,9,11H2,1-4H3. The first-order chi connectivity index (χ1) is 9.37. The van der Waals surface area contributed by atoms with Crippen molar-refractivity contribution in [3.8, 4) is 5.75 Å². The highest BCUT2D eigenvalue weighted by atomic mass is 32.2. The summed E-state index contributed by atoms with van der Waals surface area (Å²) in [6.45, 7) is 7.56. The Balaban J connectivity index is 3.03. The molecule has 4 nitrogen and oxygen atoms in total. The van der Waals surface area contributed by atoms with Crippen LogP contribution in [0.25, 0.3) is 0 Å². The Labute approximate surface area is 122 Å². The van der Waals surface area contributed by atoms with Crippen LogP contribution in [0, 0.1) is 0 Å². The molecule has 0 heterocycles. The summed E-state index contributed by atoms with van der Waals surface area (Å²) >= 11 is 0. The molecule has 1 atom stereocenters. The number of hydrogen-bond donors (Lipinski definition) is 1. The fourth-order valence-electron chi connectivity index (χ4n) is 2.04. The fourth-order valence-corrected chi connectivity index (χ4v) is 2.83. The third-order valence-electron chi connectivity index (χ3n) is 3.00. The monoisotopic (exact) mass is 299 g/mol. The molecule has 1 aromatic rings. The molecule has 0 aliphatic carbocycles. The van der Waals surface area contributed by atoms with Gasteiger partial charge in [-0.3, -0.25) is 0 Å². The minimum atomic E-state index is -3.08. The van der Waals surface area contributed by atoms with E-state index in [9.17, 15) is 8.42 Å². The summed E-state index contributed by atoms with van der Waals surface area (Å²) in [4.78, 5) is 0. The van der Waals surface area contributed by atoms with Crippen LogP contribution in [0.5, 0.6) is 5.75 Å². The molecule has 0 radical (unpaired) electrons. The second-order valence-corrected chi connectivity index (χ2v) is 7.19. The van der Waals surface area contributed by atoms with E-state index in [1.165, 1.54) is 6.26 Å². The van der Waals surface area contributed by atoms with E-state index in [0.29, 0.717) is 12.4 Å². The summed E-state index contributed by atoms with van der Waals surface area (Å²) in [5.74, 6) is 0.667. The SMILES string of the molecule is CCCNC(C)c1ccc(OCC)c(CS(C)(=O)=O)c1. The van der Waals surface area contributed by atoms with Gasteiger partial charge in [-0.25, -0.2) is 8.42 Å². The molecule has 1 aromatic carbocycles. The quantitative estimate of drug-likeness (QED) is 0.802. The van der Waals surface area contributed by atoms with Gasteiger partial charge in [0.2, 0.25) is 0 Å². The minimum absolute atomic E-state index is 0.0106. The molecular weight excluding hydrogens is 274 g/mol. The maximum Gasteiger partial charge on any atom is 0.151 e. The second kappa shape index (κ2) is 7.64. The van der Waals surface area contributed by atoms with Crippen LogP contribution in [0.4, 0.5) is 0 Å². The summed E-state index contributed by atoms with van der Waals surface area (Å²) < 4.78 is 28.6. The van der Waals surface area contributed by atoms with Crippen molar-refractivity contribution in [3.63, 3.8) is 0 Å². The minimum Gasteiger partial charge on any atom is -0.494 e. The van der Waals surface area contributed by atoms with E-state index in [1.807, 2.05) is 25.1 Å². The van der Waals surface area contributed by atoms with Crippen molar-refractivity contribution in [2.75, 3.05) is 19.4 Å². The van der Waals surface area contributed by atoms with E-state index in [1.54, 1.807) is 0 Å². The Morgan fingerprint density at radius 2 is 2.00 bits per heavy atom. The summed E-state index contributed by atoms with van der Waals surface area (Å²) in [5, 5.41) is 3.40. The molecule has 0 bridgehead atoms. The molecule has 0 saturated carbocycles. The average Bonchev–Trinajstić information content (AvgIpc) is 2.36. The molecule has 0 fully saturated rings. The third-order valence-corrected chi connectivity index (χ3v) is 3.84. The molecule has 5 heteroatoms. The molecular formula is C15H25NO3S. The molecule has 1 N–H and O–H groups in total. The predicted molar refractivity (Wildman–Crippen MR) is 82.9 cm³/mol. The number of rotatable bonds is 8. The summed E-state index contributed by atoms with van der Waals surface area (Å²) in [6, 6.07) is 5.98. The first-order valence-corrected chi connectivity index (χ1v) is 9.10. The highest BCUT2D eigenvalue weighted by Crippen LogP contribution is 2.25. The smallest absolute Gasteiger partial charge is 0.151 e. The molecule has 20 heavy (non-hydrogen) atoms. The highest BCUT2D eigenvalue weighted by molar-refractivity contribution is 7.89. The van der Waals surface area contributed by atoms with Crippen LogP contribution in [-0.2, 0) is 15.6 Å². The normalized spacial score (nSPS) is 13.2. The van der Waals surface area contributed by atoms with Crippen LogP contribution < -0.4 is 10.1 Å². The lowest BCUT2D eigenvalue weighted by atomic mass is 10.0. The molecule has 0 saturated heterocycles. The molecule has 0 spiro atoms. The predicted octanol–water partition coefficient (Wildman–Crippen LogP) is 2.69. The number of sulfone groups is 1. The van der Waals surface area contributed by atoms with E-state index in [0.717, 1.165) is 24.1 Å².